The number of ether oxygens (including phenoxy) is 2. The lowest BCUT2D eigenvalue weighted by atomic mass is 10.2. The van der Waals surface area contributed by atoms with E-state index in [1.165, 1.54) is 7.11 Å². The van der Waals surface area contributed by atoms with Gasteiger partial charge in [0.05, 0.1) is 20.1 Å². The van der Waals surface area contributed by atoms with E-state index in [0.717, 1.165) is 5.56 Å². The van der Waals surface area contributed by atoms with Gasteiger partial charge in [0.1, 0.15) is 6.61 Å². The summed E-state index contributed by atoms with van der Waals surface area (Å²) in [4.78, 5) is 22.1. The predicted molar refractivity (Wildman–Crippen MR) is 62.4 cm³/mol. The molecule has 4 nitrogen and oxygen atoms in total. The summed E-state index contributed by atoms with van der Waals surface area (Å²) in [7, 11) is 1.30. The molecule has 0 saturated carbocycles. The van der Waals surface area contributed by atoms with Crippen LogP contribution in [0.15, 0.2) is 30.3 Å². The summed E-state index contributed by atoms with van der Waals surface area (Å²) in [5.74, 6) is -0.465. The summed E-state index contributed by atoms with van der Waals surface area (Å²) in [6.07, 6.45) is 0.283. The van der Waals surface area contributed by atoms with Gasteiger partial charge in [0.2, 0.25) is 0 Å². The van der Waals surface area contributed by atoms with Crippen molar-refractivity contribution < 1.29 is 19.1 Å². The van der Waals surface area contributed by atoms with Crippen molar-refractivity contribution in [2.45, 2.75) is 19.4 Å². The Kier molecular flexibility index (Phi) is 5.96. The molecule has 1 aromatic rings. The monoisotopic (exact) mass is 236 g/mol. The van der Waals surface area contributed by atoms with Crippen molar-refractivity contribution in [1.82, 2.24) is 0 Å². The fourth-order valence-electron chi connectivity index (χ4n) is 1.27. The Bertz CT molecular complexity index is 359. The molecule has 4 heteroatoms. The zero-order chi connectivity index (χ0) is 12.5. The van der Waals surface area contributed by atoms with E-state index in [1.807, 2.05) is 30.3 Å². The molecule has 0 heterocycles. The molecular formula is C13H16O4. The summed E-state index contributed by atoms with van der Waals surface area (Å²) >= 11 is 0. The van der Waals surface area contributed by atoms with E-state index in [4.69, 9.17) is 4.74 Å². The van der Waals surface area contributed by atoms with Crippen LogP contribution in [0.1, 0.15) is 18.4 Å². The highest BCUT2D eigenvalue weighted by molar-refractivity contribution is 5.83. The van der Waals surface area contributed by atoms with Gasteiger partial charge in [0.25, 0.3) is 0 Å². The van der Waals surface area contributed by atoms with Crippen molar-refractivity contribution in [3.63, 3.8) is 0 Å². The van der Waals surface area contributed by atoms with Crippen LogP contribution in [0.4, 0.5) is 0 Å². The van der Waals surface area contributed by atoms with Gasteiger partial charge in [-0.25, -0.2) is 0 Å². The Morgan fingerprint density at radius 3 is 2.47 bits per heavy atom. The average molecular weight is 236 g/mol. The molecule has 0 atom stereocenters. The van der Waals surface area contributed by atoms with Crippen molar-refractivity contribution in [1.29, 1.82) is 0 Å². The first-order valence-corrected chi connectivity index (χ1v) is 5.42. The molecule has 0 amide bonds. The van der Waals surface area contributed by atoms with Crippen LogP contribution in [0, 0.1) is 0 Å². The van der Waals surface area contributed by atoms with Crippen LogP contribution >= 0.6 is 0 Å². The maximum absolute atomic E-state index is 11.3. The van der Waals surface area contributed by atoms with Crippen molar-refractivity contribution >= 4 is 11.8 Å². The molecule has 0 spiro atoms. The molecule has 1 aromatic carbocycles. The Labute approximate surface area is 101 Å². The van der Waals surface area contributed by atoms with Gasteiger partial charge in [-0.1, -0.05) is 30.3 Å². The van der Waals surface area contributed by atoms with E-state index in [1.54, 1.807) is 0 Å². The Balaban J connectivity index is 2.14. The highest BCUT2D eigenvalue weighted by Gasteiger charge is 2.06. The number of esters is 1. The molecule has 0 bridgehead atoms. The number of hydrogen-bond donors (Lipinski definition) is 0. The van der Waals surface area contributed by atoms with Crippen LogP contribution in [0.2, 0.25) is 0 Å². The smallest absolute Gasteiger partial charge is 0.305 e. The minimum Gasteiger partial charge on any atom is -0.469 e. The Morgan fingerprint density at radius 1 is 1.12 bits per heavy atom. The third-order valence-corrected chi connectivity index (χ3v) is 2.21. The van der Waals surface area contributed by atoms with Crippen molar-refractivity contribution in [3.05, 3.63) is 35.9 Å². The van der Waals surface area contributed by atoms with E-state index in [-0.39, 0.29) is 31.2 Å². The minimum atomic E-state index is -0.374. The van der Waals surface area contributed by atoms with E-state index in [2.05, 4.69) is 4.74 Å². The van der Waals surface area contributed by atoms with E-state index >= 15 is 0 Å². The lowest BCUT2D eigenvalue weighted by Crippen LogP contribution is -2.11. The van der Waals surface area contributed by atoms with Gasteiger partial charge in [-0.3, -0.25) is 9.59 Å². The van der Waals surface area contributed by atoms with Crippen molar-refractivity contribution in [2.24, 2.45) is 0 Å². The largest absolute Gasteiger partial charge is 0.469 e. The summed E-state index contributed by atoms with van der Waals surface area (Å²) in [5.41, 5.74) is 1.02. The summed E-state index contributed by atoms with van der Waals surface area (Å²) < 4.78 is 9.69. The number of ketones is 1. The van der Waals surface area contributed by atoms with Crippen molar-refractivity contribution in [3.8, 4) is 0 Å². The number of rotatable bonds is 7. The van der Waals surface area contributed by atoms with Crippen LogP contribution in [0.25, 0.3) is 0 Å². The molecule has 0 aliphatic heterocycles. The number of carbonyl (C=O) groups excluding carboxylic acids is 2. The van der Waals surface area contributed by atoms with Gasteiger partial charge in [0.15, 0.2) is 5.78 Å². The quantitative estimate of drug-likeness (QED) is 0.676. The number of benzene rings is 1. The Morgan fingerprint density at radius 2 is 1.82 bits per heavy atom. The van der Waals surface area contributed by atoms with Crippen LogP contribution < -0.4 is 0 Å². The summed E-state index contributed by atoms with van der Waals surface area (Å²) in [6, 6.07) is 9.61. The highest BCUT2D eigenvalue weighted by Crippen LogP contribution is 2.01. The van der Waals surface area contributed by atoms with Crippen LogP contribution in [-0.4, -0.2) is 25.5 Å². The average Bonchev–Trinajstić information content (AvgIpc) is 2.37. The fraction of sp³-hybridized carbons (Fsp3) is 0.385. The molecule has 17 heavy (non-hydrogen) atoms. The molecule has 0 radical (unpaired) electrons. The highest BCUT2D eigenvalue weighted by atomic mass is 16.5. The molecule has 92 valence electrons. The zero-order valence-electron chi connectivity index (χ0n) is 9.85. The summed E-state index contributed by atoms with van der Waals surface area (Å²) in [6.45, 7) is 0.441. The third-order valence-electron chi connectivity index (χ3n) is 2.21. The van der Waals surface area contributed by atoms with Gasteiger partial charge in [-0.05, 0) is 5.56 Å². The van der Waals surface area contributed by atoms with E-state index in [9.17, 15) is 9.59 Å². The van der Waals surface area contributed by atoms with E-state index in [0.29, 0.717) is 6.61 Å². The number of carbonyl (C=O) groups is 2. The first-order valence-electron chi connectivity index (χ1n) is 5.42. The van der Waals surface area contributed by atoms with Crippen LogP contribution in [-0.2, 0) is 25.7 Å². The van der Waals surface area contributed by atoms with Crippen molar-refractivity contribution in [2.75, 3.05) is 13.7 Å². The minimum absolute atomic E-state index is 0.0336. The summed E-state index contributed by atoms with van der Waals surface area (Å²) in [5, 5.41) is 0. The second-order valence-corrected chi connectivity index (χ2v) is 3.59. The lowest BCUT2D eigenvalue weighted by molar-refractivity contribution is -0.142. The van der Waals surface area contributed by atoms with Gasteiger partial charge in [-0.15, -0.1) is 0 Å². The number of hydrogen-bond acceptors (Lipinski definition) is 4. The van der Waals surface area contributed by atoms with E-state index < -0.39 is 0 Å². The first kappa shape index (κ1) is 13.4. The molecule has 0 saturated heterocycles. The second kappa shape index (κ2) is 7.57. The fourth-order valence-corrected chi connectivity index (χ4v) is 1.27. The Hall–Kier alpha value is -1.68. The molecule has 0 unspecified atom stereocenters. The van der Waals surface area contributed by atoms with Gasteiger partial charge < -0.3 is 9.47 Å². The molecular weight excluding hydrogens is 220 g/mol. The normalized spacial score (nSPS) is 9.94. The van der Waals surface area contributed by atoms with Gasteiger partial charge >= 0.3 is 5.97 Å². The van der Waals surface area contributed by atoms with Gasteiger partial charge in [-0.2, -0.15) is 0 Å². The topological polar surface area (TPSA) is 52.6 Å². The second-order valence-electron chi connectivity index (χ2n) is 3.59. The SMILES string of the molecule is COC(=O)CCC(=O)COCc1ccccc1. The molecule has 1 rings (SSSR count). The molecule has 0 aromatic heterocycles. The maximum Gasteiger partial charge on any atom is 0.305 e. The molecule has 0 aliphatic rings. The van der Waals surface area contributed by atoms with Crippen LogP contribution in [0.3, 0.4) is 0 Å². The molecule has 0 fully saturated rings. The lowest BCUT2D eigenvalue weighted by Gasteiger charge is -2.03. The molecule has 0 aliphatic carbocycles. The standard InChI is InChI=1S/C13H16O4/c1-16-13(15)8-7-12(14)10-17-9-11-5-3-2-4-6-11/h2-6H,7-10H2,1H3. The number of methoxy groups -OCH3 is 1. The van der Waals surface area contributed by atoms with Crippen LogP contribution in [0.5, 0.6) is 0 Å². The first-order chi connectivity index (χ1) is 8.22. The number of Topliss-reactive ketones (excluding diaryl/α,β-unsaturated/α-hetero) is 1. The zero-order valence-corrected chi connectivity index (χ0v) is 9.85. The third kappa shape index (κ3) is 5.82. The van der Waals surface area contributed by atoms with Gasteiger partial charge in [0, 0.05) is 6.42 Å². The maximum atomic E-state index is 11.3. The molecule has 0 N–H and O–H groups in total. The predicted octanol–water partition coefficient (Wildman–Crippen LogP) is 1.73.